The zero-order chi connectivity index (χ0) is 14.1. The second kappa shape index (κ2) is 5.41. The molecule has 2 aromatic rings. The van der Waals surface area contributed by atoms with Gasteiger partial charge in [0.1, 0.15) is 11.3 Å². The zero-order valence-electron chi connectivity index (χ0n) is 10.4. The van der Waals surface area contributed by atoms with Crippen molar-refractivity contribution in [2.75, 3.05) is 31.2 Å². The van der Waals surface area contributed by atoms with Gasteiger partial charge in [0.05, 0.1) is 12.0 Å². The summed E-state index contributed by atoms with van der Waals surface area (Å²) >= 11 is 5.60. The van der Waals surface area contributed by atoms with Gasteiger partial charge in [-0.3, -0.25) is 0 Å². The van der Waals surface area contributed by atoms with E-state index in [4.69, 9.17) is 16.3 Å². The van der Waals surface area contributed by atoms with Gasteiger partial charge in [0.25, 0.3) is 0 Å². The van der Waals surface area contributed by atoms with Gasteiger partial charge in [0, 0.05) is 25.9 Å². The van der Waals surface area contributed by atoms with Gasteiger partial charge in [-0.2, -0.15) is 14.4 Å². The summed E-state index contributed by atoms with van der Waals surface area (Å²) in [6, 6.07) is 0. The molecule has 8 heteroatoms. The summed E-state index contributed by atoms with van der Waals surface area (Å²) in [4.78, 5) is 12.8. The Balaban J connectivity index is 2.16. The number of rotatable bonds is 1. The second-order valence-electron chi connectivity index (χ2n) is 4.39. The fourth-order valence-electron chi connectivity index (χ4n) is 2.19. The maximum atomic E-state index is 13.9. The standard InChI is InChI=1S/C12H11ClF2N4O/c13-10-8(14)9-7(6-16-10)11(18-12(15)17-9)19-2-1-4-20-5-3-19/h6H,1-5H2. The first kappa shape index (κ1) is 13.4. The van der Waals surface area contributed by atoms with Crippen molar-refractivity contribution in [1.82, 2.24) is 15.0 Å². The van der Waals surface area contributed by atoms with Crippen LogP contribution in [0.25, 0.3) is 10.9 Å². The van der Waals surface area contributed by atoms with Crippen LogP contribution in [0.1, 0.15) is 6.42 Å². The number of anilines is 1. The van der Waals surface area contributed by atoms with Crippen molar-refractivity contribution in [1.29, 1.82) is 0 Å². The van der Waals surface area contributed by atoms with E-state index in [9.17, 15) is 8.78 Å². The number of ether oxygens (including phenoxy) is 1. The molecule has 0 amide bonds. The molecule has 3 heterocycles. The number of fused-ring (bicyclic) bond motifs is 1. The van der Waals surface area contributed by atoms with Crippen LogP contribution in [-0.2, 0) is 4.74 Å². The number of hydrogen-bond donors (Lipinski definition) is 0. The van der Waals surface area contributed by atoms with Crippen molar-refractivity contribution in [3.8, 4) is 0 Å². The number of aromatic nitrogens is 3. The van der Waals surface area contributed by atoms with E-state index in [-0.39, 0.29) is 10.7 Å². The Morgan fingerprint density at radius 1 is 1.20 bits per heavy atom. The monoisotopic (exact) mass is 300 g/mol. The van der Waals surface area contributed by atoms with Gasteiger partial charge in [0.2, 0.25) is 0 Å². The van der Waals surface area contributed by atoms with Crippen molar-refractivity contribution < 1.29 is 13.5 Å². The van der Waals surface area contributed by atoms with E-state index in [1.165, 1.54) is 6.20 Å². The van der Waals surface area contributed by atoms with E-state index in [1.807, 2.05) is 4.90 Å². The molecule has 0 aromatic carbocycles. The highest BCUT2D eigenvalue weighted by atomic mass is 35.5. The zero-order valence-corrected chi connectivity index (χ0v) is 11.2. The van der Waals surface area contributed by atoms with E-state index in [2.05, 4.69) is 15.0 Å². The van der Waals surface area contributed by atoms with Crippen LogP contribution in [0.15, 0.2) is 6.20 Å². The van der Waals surface area contributed by atoms with Gasteiger partial charge in [-0.25, -0.2) is 9.37 Å². The summed E-state index contributed by atoms with van der Waals surface area (Å²) in [7, 11) is 0. The molecule has 0 unspecified atom stereocenters. The molecule has 20 heavy (non-hydrogen) atoms. The van der Waals surface area contributed by atoms with Crippen molar-refractivity contribution in [2.45, 2.75) is 6.42 Å². The quantitative estimate of drug-likeness (QED) is 0.597. The molecule has 0 atom stereocenters. The van der Waals surface area contributed by atoms with Crippen LogP contribution in [0, 0.1) is 11.9 Å². The molecular formula is C12H11ClF2N4O. The van der Waals surface area contributed by atoms with Crippen molar-refractivity contribution in [3.05, 3.63) is 23.2 Å². The molecule has 5 nitrogen and oxygen atoms in total. The first-order chi connectivity index (χ1) is 9.66. The highest BCUT2D eigenvalue weighted by molar-refractivity contribution is 6.30. The van der Waals surface area contributed by atoms with Crippen LogP contribution >= 0.6 is 11.6 Å². The molecule has 0 N–H and O–H groups in total. The predicted octanol–water partition coefficient (Wildman–Crippen LogP) is 2.18. The smallest absolute Gasteiger partial charge is 0.311 e. The van der Waals surface area contributed by atoms with Crippen LogP contribution in [0.5, 0.6) is 0 Å². The minimum Gasteiger partial charge on any atom is -0.380 e. The number of hydrogen-bond acceptors (Lipinski definition) is 5. The summed E-state index contributed by atoms with van der Waals surface area (Å²) in [6.45, 7) is 2.35. The van der Waals surface area contributed by atoms with Crippen LogP contribution in [0.2, 0.25) is 5.15 Å². The maximum Gasteiger partial charge on any atom is 0.311 e. The molecule has 1 aliphatic heterocycles. The lowest BCUT2D eigenvalue weighted by Crippen LogP contribution is -2.27. The molecule has 1 fully saturated rings. The largest absolute Gasteiger partial charge is 0.380 e. The minimum absolute atomic E-state index is 0.155. The lowest BCUT2D eigenvalue weighted by Gasteiger charge is -2.21. The molecular weight excluding hydrogens is 290 g/mol. The van der Waals surface area contributed by atoms with Gasteiger partial charge < -0.3 is 9.64 Å². The summed E-state index contributed by atoms with van der Waals surface area (Å²) in [5.41, 5.74) is -0.155. The molecule has 0 saturated carbocycles. The Morgan fingerprint density at radius 3 is 2.90 bits per heavy atom. The lowest BCUT2D eigenvalue weighted by molar-refractivity contribution is 0.152. The predicted molar refractivity (Wildman–Crippen MR) is 69.9 cm³/mol. The Kier molecular flexibility index (Phi) is 3.62. The highest BCUT2D eigenvalue weighted by Gasteiger charge is 2.20. The number of halogens is 3. The molecule has 0 aliphatic carbocycles. The highest BCUT2D eigenvalue weighted by Crippen LogP contribution is 2.28. The van der Waals surface area contributed by atoms with Crippen LogP contribution in [0.4, 0.5) is 14.6 Å². The third kappa shape index (κ3) is 2.38. The van der Waals surface area contributed by atoms with Crippen molar-refractivity contribution in [3.63, 3.8) is 0 Å². The van der Waals surface area contributed by atoms with Crippen LogP contribution in [-0.4, -0.2) is 41.3 Å². The molecule has 0 spiro atoms. The Morgan fingerprint density at radius 2 is 2.05 bits per heavy atom. The average Bonchev–Trinajstić information content (AvgIpc) is 2.71. The topological polar surface area (TPSA) is 51.1 Å². The summed E-state index contributed by atoms with van der Waals surface area (Å²) in [6.07, 6.45) is 1.16. The summed E-state index contributed by atoms with van der Waals surface area (Å²) in [5.74, 6) is -0.515. The Bertz CT molecular complexity index is 647. The fourth-order valence-corrected chi connectivity index (χ4v) is 2.33. The molecule has 1 saturated heterocycles. The normalized spacial score (nSPS) is 16.4. The van der Waals surface area contributed by atoms with E-state index in [1.54, 1.807) is 0 Å². The maximum absolute atomic E-state index is 13.9. The lowest BCUT2D eigenvalue weighted by atomic mass is 10.2. The third-order valence-corrected chi connectivity index (χ3v) is 3.38. The average molecular weight is 301 g/mol. The summed E-state index contributed by atoms with van der Waals surface area (Å²) < 4.78 is 32.8. The summed E-state index contributed by atoms with van der Waals surface area (Å²) in [5, 5.41) is 0.0101. The molecule has 106 valence electrons. The first-order valence-corrected chi connectivity index (χ1v) is 6.54. The molecule has 1 aliphatic rings. The molecule has 3 rings (SSSR count). The van der Waals surface area contributed by atoms with E-state index < -0.39 is 11.9 Å². The van der Waals surface area contributed by atoms with Gasteiger partial charge in [-0.1, -0.05) is 11.6 Å². The van der Waals surface area contributed by atoms with Crippen molar-refractivity contribution >= 4 is 28.3 Å². The van der Waals surface area contributed by atoms with Crippen LogP contribution in [0.3, 0.4) is 0 Å². The molecule has 0 bridgehead atoms. The van der Waals surface area contributed by atoms with E-state index in [0.29, 0.717) is 37.5 Å². The van der Waals surface area contributed by atoms with Gasteiger partial charge in [0.15, 0.2) is 11.0 Å². The Hall–Kier alpha value is -1.60. The van der Waals surface area contributed by atoms with Crippen LogP contribution < -0.4 is 4.90 Å². The van der Waals surface area contributed by atoms with Gasteiger partial charge >= 0.3 is 6.08 Å². The van der Waals surface area contributed by atoms with E-state index in [0.717, 1.165) is 6.42 Å². The Labute approximate surface area is 118 Å². The number of nitrogens with zero attached hydrogens (tertiary/aromatic N) is 4. The molecule has 2 aromatic heterocycles. The SMILES string of the molecule is Fc1nc(N2CCCOCC2)c2cnc(Cl)c(F)c2n1. The second-order valence-corrected chi connectivity index (χ2v) is 4.75. The number of pyridine rings is 1. The first-order valence-electron chi connectivity index (χ1n) is 6.17. The van der Waals surface area contributed by atoms with Gasteiger partial charge in [-0.05, 0) is 6.42 Å². The minimum atomic E-state index is -0.987. The van der Waals surface area contributed by atoms with Gasteiger partial charge in [-0.15, -0.1) is 0 Å². The fraction of sp³-hybridized carbons (Fsp3) is 0.417. The van der Waals surface area contributed by atoms with E-state index >= 15 is 0 Å². The van der Waals surface area contributed by atoms with Crippen molar-refractivity contribution in [2.24, 2.45) is 0 Å². The third-order valence-electron chi connectivity index (χ3n) is 3.12. The molecule has 0 radical (unpaired) electrons.